The van der Waals surface area contributed by atoms with Crippen molar-refractivity contribution in [2.75, 3.05) is 11.9 Å². The number of amides is 2. The highest BCUT2D eigenvalue weighted by Crippen LogP contribution is 2.44. The number of ether oxygens (including phenoxy) is 1. The van der Waals surface area contributed by atoms with E-state index >= 15 is 0 Å². The van der Waals surface area contributed by atoms with Crippen LogP contribution in [0.2, 0.25) is 0 Å². The molecule has 0 aromatic heterocycles. The number of carbonyl (C=O) groups excluding carboxylic acids is 2. The average Bonchev–Trinajstić information content (AvgIpc) is 3.17. The van der Waals surface area contributed by atoms with Crippen LogP contribution in [-0.2, 0) is 9.53 Å². The topological polar surface area (TPSA) is 105 Å². The molecule has 1 atom stereocenters. The number of benzene rings is 3. The van der Waals surface area contributed by atoms with Crippen molar-refractivity contribution in [1.29, 1.82) is 0 Å². The standard InChI is InChI=1S/C27H25FN2O5/c1-2-7-24(25(31)29-23-13-12-16(28)14-21(23)26(32)33)30-27(34)35-15-22-19-10-5-3-8-17(19)18-9-4-6-11-20(18)22/h3-6,8-14,22,24H,2,7,15H2,1H3,(H,29,31)(H,30,34)(H,32,33)/t24-/m1/s1. The quantitative estimate of drug-likeness (QED) is 0.416. The zero-order valence-electron chi connectivity index (χ0n) is 19.1. The van der Waals surface area contributed by atoms with Crippen LogP contribution in [-0.4, -0.2) is 35.7 Å². The highest BCUT2D eigenvalue weighted by Gasteiger charge is 2.30. The summed E-state index contributed by atoms with van der Waals surface area (Å²) in [6.45, 7) is 1.95. The van der Waals surface area contributed by atoms with Crippen molar-refractivity contribution in [2.45, 2.75) is 31.7 Å². The summed E-state index contributed by atoms with van der Waals surface area (Å²) in [7, 11) is 0. The number of fused-ring (bicyclic) bond motifs is 3. The minimum Gasteiger partial charge on any atom is -0.478 e. The van der Waals surface area contributed by atoms with Crippen molar-refractivity contribution in [3.05, 3.63) is 89.2 Å². The molecule has 35 heavy (non-hydrogen) atoms. The van der Waals surface area contributed by atoms with Crippen molar-refractivity contribution in [3.8, 4) is 11.1 Å². The highest BCUT2D eigenvalue weighted by atomic mass is 19.1. The summed E-state index contributed by atoms with van der Waals surface area (Å²) >= 11 is 0. The Kier molecular flexibility index (Phi) is 7.10. The first-order valence-electron chi connectivity index (χ1n) is 11.3. The average molecular weight is 477 g/mol. The number of alkyl carbamates (subject to hydrolysis) is 1. The number of carboxylic acid groups (broad SMARTS) is 1. The molecule has 0 bridgehead atoms. The van der Waals surface area contributed by atoms with Crippen molar-refractivity contribution >= 4 is 23.7 Å². The lowest BCUT2D eigenvalue weighted by Gasteiger charge is -2.20. The van der Waals surface area contributed by atoms with E-state index in [1.165, 1.54) is 6.07 Å². The molecule has 0 saturated carbocycles. The Bertz CT molecular complexity index is 1230. The van der Waals surface area contributed by atoms with Gasteiger partial charge in [-0.1, -0.05) is 61.9 Å². The van der Waals surface area contributed by atoms with Gasteiger partial charge in [0.05, 0.1) is 11.3 Å². The first-order valence-corrected chi connectivity index (χ1v) is 11.3. The molecule has 3 aromatic rings. The van der Waals surface area contributed by atoms with Gasteiger partial charge in [-0.15, -0.1) is 0 Å². The number of rotatable bonds is 8. The number of hydrogen-bond acceptors (Lipinski definition) is 4. The van der Waals surface area contributed by atoms with E-state index < -0.39 is 29.8 Å². The molecule has 0 heterocycles. The van der Waals surface area contributed by atoms with Gasteiger partial charge >= 0.3 is 12.1 Å². The van der Waals surface area contributed by atoms with Gasteiger partial charge in [-0.05, 0) is 46.9 Å². The molecule has 0 spiro atoms. The molecule has 3 N–H and O–H groups in total. The van der Waals surface area contributed by atoms with Crippen LogP contribution >= 0.6 is 0 Å². The molecule has 0 saturated heterocycles. The third kappa shape index (κ3) is 5.16. The summed E-state index contributed by atoms with van der Waals surface area (Å²) in [6.07, 6.45) is 0.134. The molecule has 1 aliphatic carbocycles. The Morgan fingerprint density at radius 2 is 1.63 bits per heavy atom. The second-order valence-electron chi connectivity index (χ2n) is 8.30. The van der Waals surface area contributed by atoms with Gasteiger partial charge in [0, 0.05) is 5.92 Å². The lowest BCUT2D eigenvalue weighted by atomic mass is 9.98. The molecule has 7 nitrogen and oxygen atoms in total. The molecule has 8 heteroatoms. The van der Waals surface area contributed by atoms with Crippen LogP contribution in [0.4, 0.5) is 14.9 Å². The Balaban J connectivity index is 1.43. The van der Waals surface area contributed by atoms with Gasteiger partial charge in [0.1, 0.15) is 18.5 Å². The number of nitrogens with one attached hydrogen (secondary N) is 2. The van der Waals surface area contributed by atoms with E-state index in [0.29, 0.717) is 12.8 Å². The van der Waals surface area contributed by atoms with Crippen LogP contribution in [0.1, 0.15) is 47.2 Å². The van der Waals surface area contributed by atoms with Crippen LogP contribution in [0, 0.1) is 5.82 Å². The molecule has 0 fully saturated rings. The summed E-state index contributed by atoms with van der Waals surface area (Å²) in [4.78, 5) is 36.9. The third-order valence-electron chi connectivity index (χ3n) is 6.00. The fraction of sp³-hybridized carbons (Fsp3) is 0.222. The Morgan fingerprint density at radius 3 is 2.23 bits per heavy atom. The molecule has 180 valence electrons. The number of hydrogen-bond donors (Lipinski definition) is 3. The van der Waals surface area contributed by atoms with Crippen LogP contribution in [0.3, 0.4) is 0 Å². The maximum absolute atomic E-state index is 13.4. The van der Waals surface area contributed by atoms with Crippen LogP contribution in [0.25, 0.3) is 11.1 Å². The van der Waals surface area contributed by atoms with Gasteiger partial charge in [0.15, 0.2) is 0 Å². The third-order valence-corrected chi connectivity index (χ3v) is 6.00. The van der Waals surface area contributed by atoms with Gasteiger partial charge < -0.3 is 20.5 Å². The fourth-order valence-electron chi connectivity index (χ4n) is 4.36. The van der Waals surface area contributed by atoms with Gasteiger partial charge in [-0.2, -0.15) is 0 Å². The number of carboxylic acids is 1. The summed E-state index contributed by atoms with van der Waals surface area (Å²) in [5.41, 5.74) is 3.92. The number of aromatic carboxylic acids is 1. The second kappa shape index (κ2) is 10.4. The van der Waals surface area contributed by atoms with Crippen LogP contribution in [0.15, 0.2) is 66.7 Å². The smallest absolute Gasteiger partial charge is 0.407 e. The summed E-state index contributed by atoms with van der Waals surface area (Å²) in [6, 6.07) is 18.0. The van der Waals surface area contributed by atoms with Gasteiger partial charge in [0.2, 0.25) is 5.91 Å². The van der Waals surface area contributed by atoms with Crippen molar-refractivity contribution < 1.29 is 28.6 Å². The first kappa shape index (κ1) is 23.9. The predicted octanol–water partition coefficient (Wildman–Crippen LogP) is 5.17. The normalized spacial score (nSPS) is 12.9. The maximum Gasteiger partial charge on any atom is 0.407 e. The van der Waals surface area contributed by atoms with Crippen molar-refractivity contribution in [2.24, 2.45) is 0 Å². The summed E-state index contributed by atoms with van der Waals surface area (Å²) in [5, 5.41) is 14.3. The van der Waals surface area contributed by atoms with E-state index in [-0.39, 0.29) is 23.8 Å². The monoisotopic (exact) mass is 476 g/mol. The maximum atomic E-state index is 13.4. The van der Waals surface area contributed by atoms with Gasteiger partial charge in [-0.3, -0.25) is 4.79 Å². The zero-order chi connectivity index (χ0) is 24.9. The Morgan fingerprint density at radius 1 is 1.00 bits per heavy atom. The second-order valence-corrected chi connectivity index (χ2v) is 8.30. The Labute approximate surface area is 201 Å². The summed E-state index contributed by atoms with van der Waals surface area (Å²) in [5.74, 6) is -2.85. The number of carbonyl (C=O) groups is 3. The van der Waals surface area contributed by atoms with E-state index in [1.807, 2.05) is 55.5 Å². The van der Waals surface area contributed by atoms with Crippen LogP contribution < -0.4 is 10.6 Å². The van der Waals surface area contributed by atoms with Crippen LogP contribution in [0.5, 0.6) is 0 Å². The minimum absolute atomic E-state index is 0.0562. The molecule has 0 unspecified atom stereocenters. The Hall–Kier alpha value is -4.20. The molecule has 4 rings (SSSR count). The van der Waals surface area contributed by atoms with E-state index in [4.69, 9.17) is 4.74 Å². The SMILES string of the molecule is CCC[C@@H](NC(=O)OCC1c2ccccc2-c2ccccc21)C(=O)Nc1ccc(F)cc1C(=O)O. The molecule has 3 aromatic carbocycles. The van der Waals surface area contributed by atoms with Crippen molar-refractivity contribution in [1.82, 2.24) is 5.32 Å². The molecule has 2 amide bonds. The molecular weight excluding hydrogens is 451 g/mol. The predicted molar refractivity (Wildman–Crippen MR) is 129 cm³/mol. The lowest BCUT2D eigenvalue weighted by Crippen LogP contribution is -2.44. The summed E-state index contributed by atoms with van der Waals surface area (Å²) < 4.78 is 19.0. The van der Waals surface area contributed by atoms with Gasteiger partial charge in [-0.25, -0.2) is 14.0 Å². The lowest BCUT2D eigenvalue weighted by molar-refractivity contribution is -0.118. The fourth-order valence-corrected chi connectivity index (χ4v) is 4.36. The highest BCUT2D eigenvalue weighted by molar-refractivity contribution is 6.02. The van der Waals surface area contributed by atoms with E-state index in [0.717, 1.165) is 34.4 Å². The molecular formula is C27H25FN2O5. The van der Waals surface area contributed by atoms with E-state index in [9.17, 15) is 23.9 Å². The zero-order valence-corrected chi connectivity index (χ0v) is 19.1. The number of halogens is 1. The number of anilines is 1. The molecule has 0 radical (unpaired) electrons. The largest absolute Gasteiger partial charge is 0.478 e. The molecule has 1 aliphatic rings. The first-order chi connectivity index (χ1) is 16.9. The van der Waals surface area contributed by atoms with Crippen molar-refractivity contribution in [3.63, 3.8) is 0 Å². The van der Waals surface area contributed by atoms with Gasteiger partial charge in [0.25, 0.3) is 0 Å². The molecule has 0 aliphatic heterocycles. The van der Waals surface area contributed by atoms with E-state index in [1.54, 1.807) is 0 Å². The van der Waals surface area contributed by atoms with E-state index in [2.05, 4.69) is 10.6 Å². The minimum atomic E-state index is -1.38.